The number of nitrogens with zero attached hydrogens (tertiary/aromatic N) is 2. The van der Waals surface area contributed by atoms with Crippen molar-refractivity contribution in [1.82, 2.24) is 15.2 Å². The summed E-state index contributed by atoms with van der Waals surface area (Å²) in [7, 11) is 1.83. The van der Waals surface area contributed by atoms with Crippen molar-refractivity contribution >= 4 is 17.2 Å². The van der Waals surface area contributed by atoms with Crippen molar-refractivity contribution in [3.63, 3.8) is 0 Å². The Morgan fingerprint density at radius 3 is 3.07 bits per heavy atom. The Morgan fingerprint density at radius 2 is 2.57 bits per heavy atom. The lowest BCUT2D eigenvalue weighted by Gasteiger charge is -2.29. The normalized spacial score (nSPS) is 16.4. The van der Waals surface area contributed by atoms with Gasteiger partial charge in [0.1, 0.15) is 0 Å². The zero-order valence-electron chi connectivity index (χ0n) is 8.06. The van der Waals surface area contributed by atoms with Crippen molar-refractivity contribution in [2.75, 3.05) is 20.1 Å². The van der Waals surface area contributed by atoms with Crippen LogP contribution in [0.25, 0.3) is 0 Å². The number of rotatable bonds is 3. The third-order valence-electron chi connectivity index (χ3n) is 2.39. The number of hydrogen-bond donors (Lipinski definition) is 1. The first-order chi connectivity index (χ1) is 6.77. The molecule has 2 heterocycles. The molecular weight excluding hydrogens is 198 g/mol. The second-order valence-corrected chi connectivity index (χ2v) is 4.25. The van der Waals surface area contributed by atoms with Gasteiger partial charge in [-0.1, -0.05) is 0 Å². The molecule has 0 bridgehead atoms. The zero-order valence-corrected chi connectivity index (χ0v) is 8.88. The minimum absolute atomic E-state index is 0.179. The van der Waals surface area contributed by atoms with Crippen LogP contribution >= 0.6 is 11.3 Å². The second kappa shape index (κ2) is 4.06. The van der Waals surface area contributed by atoms with Crippen molar-refractivity contribution in [2.24, 2.45) is 5.92 Å². The summed E-state index contributed by atoms with van der Waals surface area (Å²) < 4.78 is 0. The number of carbonyl (C=O) groups is 1. The maximum Gasteiger partial charge on any atom is 0.228 e. The molecule has 1 aliphatic heterocycles. The molecule has 76 valence electrons. The average Bonchev–Trinajstić information content (AvgIpc) is 2.53. The van der Waals surface area contributed by atoms with Gasteiger partial charge in [0.15, 0.2) is 0 Å². The molecule has 0 radical (unpaired) electrons. The first-order valence-corrected chi connectivity index (χ1v) is 5.54. The van der Waals surface area contributed by atoms with E-state index in [9.17, 15) is 4.79 Å². The molecule has 14 heavy (non-hydrogen) atoms. The van der Waals surface area contributed by atoms with E-state index in [1.54, 1.807) is 21.7 Å². The fourth-order valence-electron chi connectivity index (χ4n) is 1.41. The third kappa shape index (κ3) is 1.93. The summed E-state index contributed by atoms with van der Waals surface area (Å²) in [5.41, 5.74) is 2.76. The molecule has 5 heteroatoms. The molecule has 2 rings (SSSR count). The molecule has 1 amide bonds. The Balaban J connectivity index is 1.88. The predicted octanol–water partition coefficient (Wildman–Crippen LogP) is 0.321. The molecule has 1 aromatic heterocycles. The molecule has 0 aromatic carbocycles. The molecule has 0 unspecified atom stereocenters. The molecule has 1 aliphatic rings. The van der Waals surface area contributed by atoms with Gasteiger partial charge >= 0.3 is 0 Å². The summed E-state index contributed by atoms with van der Waals surface area (Å²) in [5.74, 6) is 0.399. The Bertz CT molecular complexity index is 308. The van der Waals surface area contributed by atoms with Crippen LogP contribution in [-0.4, -0.2) is 35.9 Å². The van der Waals surface area contributed by atoms with Crippen molar-refractivity contribution in [3.8, 4) is 0 Å². The molecule has 0 saturated carbocycles. The highest BCUT2D eigenvalue weighted by atomic mass is 32.1. The molecule has 0 spiro atoms. The topological polar surface area (TPSA) is 45.2 Å². The summed E-state index contributed by atoms with van der Waals surface area (Å²) in [4.78, 5) is 17.6. The fourth-order valence-corrected chi connectivity index (χ4v) is 1.96. The number of carbonyl (C=O) groups excluding carboxylic acids is 1. The van der Waals surface area contributed by atoms with Crippen LogP contribution in [0.3, 0.4) is 0 Å². The van der Waals surface area contributed by atoms with Gasteiger partial charge in [-0.25, -0.2) is 4.98 Å². The molecule has 1 N–H and O–H groups in total. The van der Waals surface area contributed by atoms with E-state index in [1.165, 1.54) is 0 Å². The van der Waals surface area contributed by atoms with Crippen LogP contribution in [0.5, 0.6) is 0 Å². The minimum atomic E-state index is 0.179. The predicted molar refractivity (Wildman–Crippen MR) is 54.9 cm³/mol. The molecular formula is C9H13N3OS. The van der Waals surface area contributed by atoms with E-state index in [-0.39, 0.29) is 11.8 Å². The number of aromatic nitrogens is 1. The largest absolute Gasteiger partial charge is 0.340 e. The third-order valence-corrected chi connectivity index (χ3v) is 3.02. The molecule has 1 saturated heterocycles. The van der Waals surface area contributed by atoms with Gasteiger partial charge in [0.25, 0.3) is 0 Å². The highest BCUT2D eigenvalue weighted by Crippen LogP contribution is 2.10. The second-order valence-electron chi connectivity index (χ2n) is 3.53. The van der Waals surface area contributed by atoms with Crippen molar-refractivity contribution in [3.05, 3.63) is 16.6 Å². The molecule has 0 atom stereocenters. The van der Waals surface area contributed by atoms with Crippen LogP contribution < -0.4 is 5.32 Å². The smallest absolute Gasteiger partial charge is 0.228 e. The van der Waals surface area contributed by atoms with E-state index in [1.807, 2.05) is 12.4 Å². The van der Waals surface area contributed by atoms with Gasteiger partial charge < -0.3 is 10.2 Å². The van der Waals surface area contributed by atoms with Crippen molar-refractivity contribution in [1.29, 1.82) is 0 Å². The lowest BCUT2D eigenvalue weighted by molar-refractivity contribution is -0.136. The van der Waals surface area contributed by atoms with Gasteiger partial charge in [-0.2, -0.15) is 0 Å². The lowest BCUT2D eigenvalue weighted by Crippen LogP contribution is -2.51. The Labute approximate surface area is 86.9 Å². The Morgan fingerprint density at radius 1 is 1.79 bits per heavy atom. The zero-order chi connectivity index (χ0) is 9.97. The summed E-state index contributed by atoms with van der Waals surface area (Å²) in [6.07, 6.45) is 0. The molecule has 1 fully saturated rings. The van der Waals surface area contributed by atoms with E-state index in [4.69, 9.17) is 0 Å². The number of amides is 1. The Hall–Kier alpha value is -0.940. The Kier molecular flexibility index (Phi) is 2.79. The standard InChI is InChI=1S/C9H13N3OS/c1-12(4-8-5-14-6-11-8)9(13)7-2-10-3-7/h5-7,10H,2-4H2,1H3. The van der Waals surface area contributed by atoms with Crippen LogP contribution in [0, 0.1) is 5.92 Å². The maximum atomic E-state index is 11.7. The highest BCUT2D eigenvalue weighted by molar-refractivity contribution is 7.07. The van der Waals surface area contributed by atoms with Crippen molar-refractivity contribution < 1.29 is 4.79 Å². The molecule has 0 aliphatic carbocycles. The monoisotopic (exact) mass is 211 g/mol. The van der Waals surface area contributed by atoms with Crippen LogP contribution in [-0.2, 0) is 11.3 Å². The first kappa shape index (κ1) is 9.61. The SMILES string of the molecule is CN(Cc1cscn1)C(=O)C1CNC1. The van der Waals surface area contributed by atoms with E-state index < -0.39 is 0 Å². The van der Waals surface area contributed by atoms with E-state index >= 15 is 0 Å². The van der Waals surface area contributed by atoms with Gasteiger partial charge in [-0.05, 0) is 0 Å². The molecule has 4 nitrogen and oxygen atoms in total. The first-order valence-electron chi connectivity index (χ1n) is 4.60. The highest BCUT2D eigenvalue weighted by Gasteiger charge is 2.27. The van der Waals surface area contributed by atoms with Crippen LogP contribution in [0.4, 0.5) is 0 Å². The van der Waals surface area contributed by atoms with Gasteiger partial charge in [0.05, 0.1) is 23.7 Å². The summed E-state index contributed by atoms with van der Waals surface area (Å²) in [5, 5.41) is 5.07. The van der Waals surface area contributed by atoms with Gasteiger partial charge in [-0.15, -0.1) is 11.3 Å². The quantitative estimate of drug-likeness (QED) is 0.783. The average molecular weight is 211 g/mol. The van der Waals surface area contributed by atoms with E-state index in [0.29, 0.717) is 6.54 Å². The van der Waals surface area contributed by atoms with Gasteiger partial charge in [-0.3, -0.25) is 4.79 Å². The van der Waals surface area contributed by atoms with Crippen molar-refractivity contribution in [2.45, 2.75) is 6.54 Å². The van der Waals surface area contributed by atoms with Crippen LogP contribution in [0.15, 0.2) is 10.9 Å². The number of nitrogens with one attached hydrogen (secondary N) is 1. The number of hydrogen-bond acceptors (Lipinski definition) is 4. The summed E-state index contributed by atoms with van der Waals surface area (Å²) in [6, 6.07) is 0. The van der Waals surface area contributed by atoms with E-state index in [0.717, 1.165) is 18.8 Å². The summed E-state index contributed by atoms with van der Waals surface area (Å²) in [6.45, 7) is 2.26. The maximum absolute atomic E-state index is 11.7. The summed E-state index contributed by atoms with van der Waals surface area (Å²) >= 11 is 1.56. The fraction of sp³-hybridized carbons (Fsp3) is 0.556. The minimum Gasteiger partial charge on any atom is -0.340 e. The molecule has 1 aromatic rings. The van der Waals surface area contributed by atoms with Gasteiger partial charge in [0, 0.05) is 25.5 Å². The lowest BCUT2D eigenvalue weighted by atomic mass is 10.0. The van der Waals surface area contributed by atoms with Crippen LogP contribution in [0.2, 0.25) is 0 Å². The van der Waals surface area contributed by atoms with Crippen LogP contribution in [0.1, 0.15) is 5.69 Å². The van der Waals surface area contributed by atoms with E-state index in [2.05, 4.69) is 10.3 Å². The van der Waals surface area contributed by atoms with Gasteiger partial charge in [0.2, 0.25) is 5.91 Å². The number of thiazole rings is 1.